The third kappa shape index (κ3) is 2.20. The van der Waals surface area contributed by atoms with Crippen molar-refractivity contribution in [2.24, 2.45) is 11.8 Å². The van der Waals surface area contributed by atoms with Crippen LogP contribution in [0.1, 0.15) is 33.6 Å². The molecule has 15 heavy (non-hydrogen) atoms. The van der Waals surface area contributed by atoms with Gasteiger partial charge in [0.25, 0.3) is 0 Å². The zero-order valence-corrected chi connectivity index (χ0v) is 10.3. The monoisotopic (exact) mass is 208 g/mol. The highest BCUT2D eigenvalue weighted by Crippen LogP contribution is 2.38. The van der Waals surface area contributed by atoms with Crippen LogP contribution < -0.4 is 5.32 Å². The molecular weight excluding hydrogens is 184 g/mol. The summed E-state index contributed by atoms with van der Waals surface area (Å²) in [4.78, 5) is 2.47. The van der Waals surface area contributed by atoms with Crippen LogP contribution >= 0.6 is 0 Å². The van der Waals surface area contributed by atoms with Crippen molar-refractivity contribution in [2.75, 3.05) is 13.1 Å². The van der Waals surface area contributed by atoms with E-state index < -0.39 is 0 Å². The summed E-state index contributed by atoms with van der Waals surface area (Å²) in [7, 11) is 0. The minimum atomic E-state index is 0.620. The van der Waals surface area contributed by atoms with E-state index in [1.54, 1.807) is 0 Å². The molecule has 0 amide bonds. The molecule has 2 unspecified atom stereocenters. The summed E-state index contributed by atoms with van der Waals surface area (Å²) >= 11 is 0. The third-order valence-corrected chi connectivity index (χ3v) is 3.90. The molecule has 2 rings (SSSR count). The Bertz CT molecular complexity index is 233. The van der Waals surface area contributed by atoms with Gasteiger partial charge in [0.1, 0.15) is 0 Å². The Morgan fingerprint density at radius 1 is 1.27 bits per heavy atom. The van der Waals surface area contributed by atoms with Crippen molar-refractivity contribution in [1.82, 2.24) is 10.2 Å². The van der Waals surface area contributed by atoms with Crippen LogP contribution in [0.3, 0.4) is 0 Å². The molecule has 2 atom stereocenters. The number of rotatable bonds is 3. The minimum Gasteiger partial charge on any atom is -0.375 e. The van der Waals surface area contributed by atoms with E-state index in [2.05, 4.69) is 37.6 Å². The summed E-state index contributed by atoms with van der Waals surface area (Å²) in [6.07, 6.45) is 2.80. The molecule has 0 radical (unpaired) electrons. The summed E-state index contributed by atoms with van der Waals surface area (Å²) in [5.41, 5.74) is 1.25. The van der Waals surface area contributed by atoms with Gasteiger partial charge in [-0.15, -0.1) is 0 Å². The summed E-state index contributed by atoms with van der Waals surface area (Å²) in [6, 6.07) is 1.38. The fraction of sp³-hybridized carbons (Fsp3) is 0.846. The molecule has 86 valence electrons. The standard InChI is InChI=1S/C13H24N2/c1-9(2)14-13-11-5-6-12(13)8-15(7-11)10(3)4/h9,11-14H,3,5-8H2,1-2,4H3. The van der Waals surface area contributed by atoms with Gasteiger partial charge < -0.3 is 10.2 Å². The van der Waals surface area contributed by atoms with E-state index in [0.29, 0.717) is 6.04 Å². The zero-order valence-electron chi connectivity index (χ0n) is 10.3. The lowest BCUT2D eigenvalue weighted by atomic mass is 9.91. The number of nitrogens with one attached hydrogen (secondary N) is 1. The maximum absolute atomic E-state index is 4.07. The highest BCUT2D eigenvalue weighted by Gasteiger charge is 2.41. The van der Waals surface area contributed by atoms with Crippen molar-refractivity contribution >= 4 is 0 Å². The Hall–Kier alpha value is -0.500. The number of hydrogen-bond acceptors (Lipinski definition) is 2. The molecule has 1 aliphatic carbocycles. The second-order valence-corrected chi connectivity index (χ2v) is 5.58. The van der Waals surface area contributed by atoms with Crippen LogP contribution in [0.25, 0.3) is 0 Å². The number of allylic oxidation sites excluding steroid dienone is 1. The van der Waals surface area contributed by atoms with Gasteiger partial charge in [0.2, 0.25) is 0 Å². The third-order valence-electron chi connectivity index (χ3n) is 3.90. The van der Waals surface area contributed by atoms with Gasteiger partial charge in [-0.2, -0.15) is 0 Å². The van der Waals surface area contributed by atoms with Gasteiger partial charge in [0, 0.05) is 30.9 Å². The molecular formula is C13H24N2. The van der Waals surface area contributed by atoms with Gasteiger partial charge in [-0.25, -0.2) is 0 Å². The van der Waals surface area contributed by atoms with E-state index in [1.165, 1.54) is 31.6 Å². The first-order valence-electron chi connectivity index (χ1n) is 6.24. The first-order chi connectivity index (χ1) is 7.08. The van der Waals surface area contributed by atoms with Crippen LogP contribution in [-0.2, 0) is 0 Å². The lowest BCUT2D eigenvalue weighted by Crippen LogP contribution is -2.52. The molecule has 2 fully saturated rings. The van der Waals surface area contributed by atoms with Gasteiger partial charge in [-0.3, -0.25) is 0 Å². The maximum Gasteiger partial charge on any atom is 0.0218 e. The van der Waals surface area contributed by atoms with Crippen molar-refractivity contribution in [2.45, 2.75) is 45.7 Å². The second kappa shape index (κ2) is 4.17. The van der Waals surface area contributed by atoms with Crippen molar-refractivity contribution in [3.8, 4) is 0 Å². The molecule has 0 aromatic carbocycles. The van der Waals surface area contributed by atoms with Crippen LogP contribution in [0.15, 0.2) is 12.3 Å². The number of nitrogens with zero attached hydrogens (tertiary/aromatic N) is 1. The molecule has 1 heterocycles. The Balaban J connectivity index is 2.00. The Morgan fingerprint density at radius 2 is 1.80 bits per heavy atom. The topological polar surface area (TPSA) is 15.3 Å². The van der Waals surface area contributed by atoms with Crippen LogP contribution in [0.4, 0.5) is 0 Å². The quantitative estimate of drug-likeness (QED) is 0.765. The SMILES string of the molecule is C=C(C)N1CC2CCC(C1)C2NC(C)C. The molecule has 1 aliphatic heterocycles. The molecule has 2 heteroatoms. The minimum absolute atomic E-state index is 0.620. The van der Waals surface area contributed by atoms with Crippen LogP contribution in [0, 0.1) is 11.8 Å². The van der Waals surface area contributed by atoms with E-state index in [-0.39, 0.29) is 0 Å². The number of piperidine rings is 1. The van der Waals surface area contributed by atoms with E-state index in [1.807, 2.05) is 0 Å². The summed E-state index contributed by atoms with van der Waals surface area (Å²) in [5.74, 6) is 1.70. The number of hydrogen-bond donors (Lipinski definition) is 1. The fourth-order valence-corrected chi connectivity index (χ4v) is 3.19. The maximum atomic E-state index is 4.07. The van der Waals surface area contributed by atoms with E-state index >= 15 is 0 Å². The molecule has 1 N–H and O–H groups in total. The number of fused-ring (bicyclic) bond motifs is 2. The van der Waals surface area contributed by atoms with E-state index in [4.69, 9.17) is 0 Å². The lowest BCUT2D eigenvalue weighted by molar-refractivity contribution is 0.156. The smallest absolute Gasteiger partial charge is 0.0218 e. The van der Waals surface area contributed by atoms with Crippen molar-refractivity contribution in [3.05, 3.63) is 12.3 Å². The van der Waals surface area contributed by atoms with Crippen LogP contribution in [-0.4, -0.2) is 30.1 Å². The molecule has 0 spiro atoms. The van der Waals surface area contributed by atoms with E-state index in [9.17, 15) is 0 Å². The first-order valence-corrected chi connectivity index (χ1v) is 6.24. The van der Waals surface area contributed by atoms with Crippen molar-refractivity contribution < 1.29 is 0 Å². The fourth-order valence-electron chi connectivity index (χ4n) is 3.19. The van der Waals surface area contributed by atoms with Gasteiger partial charge in [-0.05, 0) is 31.6 Å². The Kier molecular flexibility index (Phi) is 3.06. The second-order valence-electron chi connectivity index (χ2n) is 5.58. The van der Waals surface area contributed by atoms with Gasteiger partial charge >= 0.3 is 0 Å². The molecule has 1 saturated heterocycles. The van der Waals surface area contributed by atoms with Crippen molar-refractivity contribution in [1.29, 1.82) is 0 Å². The average Bonchev–Trinajstić information content (AvgIpc) is 2.40. The molecule has 0 aromatic rings. The summed E-state index contributed by atoms with van der Waals surface area (Å²) in [6.45, 7) is 13.1. The van der Waals surface area contributed by atoms with Gasteiger partial charge in [-0.1, -0.05) is 20.4 Å². The van der Waals surface area contributed by atoms with Gasteiger partial charge in [0.05, 0.1) is 0 Å². The number of likely N-dealkylation sites (tertiary alicyclic amines) is 1. The molecule has 2 nitrogen and oxygen atoms in total. The normalized spacial score (nSPS) is 34.9. The largest absolute Gasteiger partial charge is 0.375 e. The highest BCUT2D eigenvalue weighted by molar-refractivity contribution is 5.03. The Labute approximate surface area is 93.7 Å². The predicted molar refractivity (Wildman–Crippen MR) is 64.7 cm³/mol. The van der Waals surface area contributed by atoms with Crippen LogP contribution in [0.5, 0.6) is 0 Å². The highest BCUT2D eigenvalue weighted by atomic mass is 15.2. The lowest BCUT2D eigenvalue weighted by Gasteiger charge is -2.40. The molecule has 0 aromatic heterocycles. The van der Waals surface area contributed by atoms with Gasteiger partial charge in [0.15, 0.2) is 0 Å². The van der Waals surface area contributed by atoms with Crippen LogP contribution in [0.2, 0.25) is 0 Å². The van der Waals surface area contributed by atoms with Crippen molar-refractivity contribution in [3.63, 3.8) is 0 Å². The average molecular weight is 208 g/mol. The first kappa shape index (κ1) is 11.0. The predicted octanol–water partition coefficient (Wildman–Crippen LogP) is 2.23. The summed E-state index contributed by atoms with van der Waals surface area (Å²) in [5, 5.41) is 3.75. The Morgan fingerprint density at radius 3 is 2.20 bits per heavy atom. The molecule has 2 aliphatic rings. The summed E-state index contributed by atoms with van der Waals surface area (Å²) < 4.78 is 0. The van der Waals surface area contributed by atoms with E-state index in [0.717, 1.165) is 17.9 Å². The molecule has 2 bridgehead atoms. The molecule has 1 saturated carbocycles. The zero-order chi connectivity index (χ0) is 11.0.